The molecule has 8 nitrogen and oxygen atoms in total. The third-order valence-corrected chi connectivity index (χ3v) is 6.90. The van der Waals surface area contributed by atoms with Gasteiger partial charge in [0.25, 0.3) is 0 Å². The molecular formula is C21H27N7OS. The summed E-state index contributed by atoms with van der Waals surface area (Å²) < 4.78 is 10.0. The molecule has 5 rings (SSSR count). The summed E-state index contributed by atoms with van der Waals surface area (Å²) in [7, 11) is 1.69. The SMILES string of the molecule is COc1c(C)cnc(CN2N=C3CC(NCC4CC4)C4=C3C(=N2)C(N)=NSC4)c1C. The summed E-state index contributed by atoms with van der Waals surface area (Å²) in [5.74, 6) is 2.98. The number of aromatic nitrogens is 1. The van der Waals surface area contributed by atoms with Gasteiger partial charge in [-0.3, -0.25) is 4.98 Å². The van der Waals surface area contributed by atoms with Crippen molar-refractivity contribution in [3.05, 3.63) is 34.2 Å². The lowest BCUT2D eigenvalue weighted by molar-refractivity contribution is 0.288. The van der Waals surface area contributed by atoms with Gasteiger partial charge < -0.3 is 15.8 Å². The molecule has 158 valence electrons. The van der Waals surface area contributed by atoms with Gasteiger partial charge in [0.1, 0.15) is 18.0 Å². The molecule has 1 fully saturated rings. The van der Waals surface area contributed by atoms with Crippen LogP contribution < -0.4 is 15.8 Å². The minimum Gasteiger partial charge on any atom is -0.496 e. The molecule has 0 aromatic carbocycles. The zero-order valence-corrected chi connectivity index (χ0v) is 18.4. The quantitative estimate of drug-likeness (QED) is 0.679. The number of hydrogen-bond acceptors (Lipinski definition) is 9. The number of rotatable bonds is 6. The average molecular weight is 426 g/mol. The van der Waals surface area contributed by atoms with Crippen LogP contribution in [0.2, 0.25) is 0 Å². The molecule has 0 spiro atoms. The van der Waals surface area contributed by atoms with E-state index in [0.29, 0.717) is 12.4 Å². The highest BCUT2D eigenvalue weighted by Gasteiger charge is 2.39. The first-order valence-corrected chi connectivity index (χ1v) is 11.3. The number of nitrogens with zero attached hydrogens (tertiary/aromatic N) is 5. The summed E-state index contributed by atoms with van der Waals surface area (Å²) in [6.45, 7) is 5.54. The van der Waals surface area contributed by atoms with E-state index in [9.17, 15) is 0 Å². The van der Waals surface area contributed by atoms with Gasteiger partial charge in [-0.2, -0.15) is 19.7 Å². The van der Waals surface area contributed by atoms with Crippen LogP contribution in [-0.2, 0) is 6.54 Å². The van der Waals surface area contributed by atoms with Crippen LogP contribution in [0.15, 0.2) is 31.9 Å². The summed E-state index contributed by atoms with van der Waals surface area (Å²) in [4.78, 5) is 4.60. The summed E-state index contributed by atoms with van der Waals surface area (Å²) in [5.41, 5.74) is 13.4. The molecule has 0 radical (unpaired) electrons. The Morgan fingerprint density at radius 1 is 1.30 bits per heavy atom. The fourth-order valence-electron chi connectivity index (χ4n) is 4.31. The molecule has 9 heteroatoms. The molecule has 1 aromatic rings. The molecule has 4 aliphatic rings. The van der Waals surface area contributed by atoms with Crippen molar-refractivity contribution >= 4 is 29.2 Å². The standard InChI is InChI=1S/C21H27N7OS/c1-11-7-23-17(12(2)20(11)29-3)9-28-25-16-6-15(24-8-13-4-5-13)14-10-30-27-21(22)19(26-28)18(14)16/h7,13,15,24H,4-6,8-10H2,1-3H3,(H2,22,27). The maximum atomic E-state index is 6.30. The number of ether oxygens (including phenoxy) is 1. The first-order chi connectivity index (χ1) is 14.5. The Balaban J connectivity index is 1.46. The smallest absolute Gasteiger partial charge is 0.160 e. The van der Waals surface area contributed by atoms with E-state index in [1.165, 1.54) is 30.4 Å². The van der Waals surface area contributed by atoms with Crippen molar-refractivity contribution in [1.82, 2.24) is 15.4 Å². The van der Waals surface area contributed by atoms with Crippen molar-refractivity contribution < 1.29 is 4.74 Å². The predicted molar refractivity (Wildman–Crippen MR) is 121 cm³/mol. The highest BCUT2D eigenvalue weighted by atomic mass is 32.2. The number of hydrazone groups is 2. The van der Waals surface area contributed by atoms with Gasteiger partial charge in [-0.25, -0.2) is 0 Å². The van der Waals surface area contributed by atoms with Gasteiger partial charge in [-0.15, -0.1) is 0 Å². The number of hydrogen-bond donors (Lipinski definition) is 2. The summed E-state index contributed by atoms with van der Waals surface area (Å²) in [6, 6.07) is 0.289. The number of nitrogens with one attached hydrogen (secondary N) is 1. The minimum absolute atomic E-state index is 0.289. The second kappa shape index (κ2) is 7.70. The summed E-state index contributed by atoms with van der Waals surface area (Å²) in [6.07, 6.45) is 5.37. The fraction of sp³-hybridized carbons (Fsp3) is 0.524. The molecule has 2 aliphatic heterocycles. The van der Waals surface area contributed by atoms with Gasteiger partial charge in [0.2, 0.25) is 0 Å². The van der Waals surface area contributed by atoms with Gasteiger partial charge in [-0.1, -0.05) is 0 Å². The van der Waals surface area contributed by atoms with Crippen LogP contribution >= 0.6 is 11.9 Å². The third-order valence-electron chi connectivity index (χ3n) is 6.13. The van der Waals surface area contributed by atoms with Gasteiger partial charge >= 0.3 is 0 Å². The number of methoxy groups -OCH3 is 1. The van der Waals surface area contributed by atoms with E-state index < -0.39 is 0 Å². The van der Waals surface area contributed by atoms with E-state index in [2.05, 4.69) is 14.7 Å². The molecule has 3 N–H and O–H groups in total. The van der Waals surface area contributed by atoms with Crippen LogP contribution in [-0.4, -0.2) is 52.8 Å². The average Bonchev–Trinajstić information content (AvgIpc) is 3.51. The van der Waals surface area contributed by atoms with Gasteiger partial charge in [-0.05, 0) is 56.7 Å². The molecule has 3 heterocycles. The van der Waals surface area contributed by atoms with Crippen molar-refractivity contribution in [2.24, 2.45) is 26.3 Å². The maximum absolute atomic E-state index is 6.30. The van der Waals surface area contributed by atoms with E-state index in [0.717, 1.165) is 64.2 Å². The molecule has 0 saturated heterocycles. The van der Waals surface area contributed by atoms with Crippen LogP contribution in [0.4, 0.5) is 0 Å². The molecule has 0 amide bonds. The van der Waals surface area contributed by atoms with Crippen LogP contribution in [0.5, 0.6) is 5.75 Å². The van der Waals surface area contributed by atoms with Crippen molar-refractivity contribution in [2.75, 3.05) is 19.4 Å². The van der Waals surface area contributed by atoms with E-state index >= 15 is 0 Å². The topological polar surface area (TPSA) is 100 Å². The summed E-state index contributed by atoms with van der Waals surface area (Å²) >= 11 is 1.50. The lowest BCUT2D eigenvalue weighted by atomic mass is 10.0. The Morgan fingerprint density at radius 3 is 2.90 bits per heavy atom. The van der Waals surface area contributed by atoms with Crippen LogP contribution in [0.3, 0.4) is 0 Å². The van der Waals surface area contributed by atoms with Crippen molar-refractivity contribution in [3.63, 3.8) is 0 Å². The van der Waals surface area contributed by atoms with Crippen molar-refractivity contribution in [2.45, 2.75) is 45.7 Å². The largest absolute Gasteiger partial charge is 0.496 e. The van der Waals surface area contributed by atoms with E-state index in [1.807, 2.05) is 20.0 Å². The van der Waals surface area contributed by atoms with Gasteiger partial charge in [0.15, 0.2) is 5.84 Å². The number of nitrogens with two attached hydrogens (primary N) is 1. The molecule has 1 aromatic heterocycles. The predicted octanol–water partition coefficient (Wildman–Crippen LogP) is 2.32. The highest BCUT2D eigenvalue weighted by Crippen LogP contribution is 2.35. The fourth-order valence-corrected chi connectivity index (χ4v) is 5.09. The Kier molecular flexibility index (Phi) is 5.02. The van der Waals surface area contributed by atoms with E-state index in [-0.39, 0.29) is 6.04 Å². The number of amidine groups is 1. The molecule has 30 heavy (non-hydrogen) atoms. The molecular weight excluding hydrogens is 398 g/mol. The first-order valence-electron chi connectivity index (χ1n) is 10.4. The highest BCUT2D eigenvalue weighted by molar-refractivity contribution is 7.98. The van der Waals surface area contributed by atoms with Crippen molar-refractivity contribution in [3.8, 4) is 5.75 Å². The first kappa shape index (κ1) is 19.6. The second-order valence-corrected chi connectivity index (χ2v) is 9.06. The van der Waals surface area contributed by atoms with Crippen LogP contribution in [0, 0.1) is 19.8 Å². The van der Waals surface area contributed by atoms with Gasteiger partial charge in [0.05, 0.1) is 18.5 Å². The van der Waals surface area contributed by atoms with E-state index in [1.54, 1.807) is 12.2 Å². The lowest BCUT2D eigenvalue weighted by Gasteiger charge is -2.23. The Hall–Kier alpha value is -2.39. The molecule has 2 aliphatic carbocycles. The maximum Gasteiger partial charge on any atom is 0.160 e. The molecule has 1 unspecified atom stereocenters. The van der Waals surface area contributed by atoms with Crippen LogP contribution in [0.1, 0.15) is 36.1 Å². The summed E-state index contributed by atoms with van der Waals surface area (Å²) in [5, 5.41) is 15.1. The third kappa shape index (κ3) is 3.50. The molecule has 1 atom stereocenters. The number of pyridine rings is 1. The normalized spacial score (nSPS) is 23.0. The second-order valence-electron chi connectivity index (χ2n) is 8.33. The van der Waals surface area contributed by atoms with Crippen LogP contribution in [0.25, 0.3) is 0 Å². The molecule has 0 bridgehead atoms. The zero-order valence-electron chi connectivity index (χ0n) is 17.6. The zero-order chi connectivity index (χ0) is 20.8. The Bertz CT molecular complexity index is 1010. The molecule has 1 saturated carbocycles. The number of aryl methyl sites for hydroxylation is 1. The van der Waals surface area contributed by atoms with E-state index in [4.69, 9.17) is 20.7 Å². The monoisotopic (exact) mass is 425 g/mol. The Morgan fingerprint density at radius 2 is 2.13 bits per heavy atom. The Labute approximate surface area is 180 Å². The minimum atomic E-state index is 0.289. The lowest BCUT2D eigenvalue weighted by Crippen LogP contribution is -2.34. The van der Waals surface area contributed by atoms with Crippen molar-refractivity contribution in [1.29, 1.82) is 0 Å². The van der Waals surface area contributed by atoms with Gasteiger partial charge in [0, 0.05) is 41.1 Å².